The van der Waals surface area contributed by atoms with Crippen molar-refractivity contribution in [3.05, 3.63) is 36.5 Å². The topological polar surface area (TPSA) is 3.88 Å². The van der Waals surface area contributed by atoms with E-state index >= 15 is 0 Å². The summed E-state index contributed by atoms with van der Waals surface area (Å²) in [5, 5.41) is 0. The highest BCUT2D eigenvalue weighted by molar-refractivity contribution is 5.19. The summed E-state index contributed by atoms with van der Waals surface area (Å²) >= 11 is 0. The number of nitrogens with zero attached hydrogens (tertiary/aromatic N) is 1. The standard InChI is InChI=1S/C9H14N.CH3/c1-7-5-9(3)10(4)6-8(7)2;/h5-6H,1-4H3;1H3/q+1;-1. The Balaban J connectivity index is 0.000001000. The van der Waals surface area contributed by atoms with Gasteiger partial charge in [0.2, 0.25) is 0 Å². The molecule has 0 amide bonds. The second-order valence-electron chi connectivity index (χ2n) is 2.89. The van der Waals surface area contributed by atoms with E-state index in [2.05, 4.69) is 44.6 Å². The van der Waals surface area contributed by atoms with Crippen molar-refractivity contribution < 1.29 is 4.57 Å². The number of hydrogen-bond acceptors (Lipinski definition) is 0. The molecule has 0 fully saturated rings. The molecule has 1 heterocycles. The molecule has 0 aliphatic rings. The minimum atomic E-state index is 0. The van der Waals surface area contributed by atoms with E-state index in [1.165, 1.54) is 16.8 Å². The van der Waals surface area contributed by atoms with Gasteiger partial charge in [0.05, 0.1) is 0 Å². The fourth-order valence-corrected chi connectivity index (χ4v) is 1.02. The van der Waals surface area contributed by atoms with Gasteiger partial charge in [-0.2, -0.15) is 0 Å². The molecule has 0 unspecified atom stereocenters. The van der Waals surface area contributed by atoms with Crippen molar-refractivity contribution in [1.82, 2.24) is 0 Å². The molecule has 0 saturated heterocycles. The molecule has 1 rings (SSSR count). The van der Waals surface area contributed by atoms with Crippen molar-refractivity contribution in [1.29, 1.82) is 0 Å². The lowest BCUT2D eigenvalue weighted by molar-refractivity contribution is -0.678. The fourth-order valence-electron chi connectivity index (χ4n) is 1.02. The van der Waals surface area contributed by atoms with Crippen LogP contribution >= 0.6 is 0 Å². The third kappa shape index (κ3) is 2.04. The molecule has 62 valence electrons. The third-order valence-corrected chi connectivity index (χ3v) is 1.99. The number of hydrogen-bond donors (Lipinski definition) is 0. The average molecular weight is 151 g/mol. The van der Waals surface area contributed by atoms with E-state index in [9.17, 15) is 0 Å². The van der Waals surface area contributed by atoms with Gasteiger partial charge in [-0.15, -0.1) is 0 Å². The monoisotopic (exact) mass is 151 g/mol. The molecule has 1 aromatic rings. The van der Waals surface area contributed by atoms with Gasteiger partial charge in [0.25, 0.3) is 0 Å². The smallest absolute Gasteiger partial charge is 0.178 e. The first-order valence-electron chi connectivity index (χ1n) is 3.55. The van der Waals surface area contributed by atoms with Gasteiger partial charge in [-0.3, -0.25) is 0 Å². The predicted octanol–water partition coefficient (Wildman–Crippen LogP) is 1.89. The van der Waals surface area contributed by atoms with Gasteiger partial charge in [0.1, 0.15) is 7.05 Å². The Kier molecular flexibility index (Phi) is 3.24. The lowest BCUT2D eigenvalue weighted by Gasteiger charge is -1.98. The van der Waals surface area contributed by atoms with Crippen LogP contribution in [0.5, 0.6) is 0 Å². The first-order chi connectivity index (χ1) is 4.61. The number of aryl methyl sites for hydroxylation is 4. The Morgan fingerprint density at radius 3 is 2.09 bits per heavy atom. The van der Waals surface area contributed by atoms with Crippen LogP contribution in [0.15, 0.2) is 12.3 Å². The van der Waals surface area contributed by atoms with E-state index in [0.717, 1.165) is 0 Å². The maximum absolute atomic E-state index is 2.20. The van der Waals surface area contributed by atoms with Gasteiger partial charge < -0.3 is 7.43 Å². The molecule has 1 heteroatoms. The van der Waals surface area contributed by atoms with Crippen LogP contribution in [0.1, 0.15) is 16.8 Å². The van der Waals surface area contributed by atoms with E-state index in [4.69, 9.17) is 0 Å². The number of pyridine rings is 1. The van der Waals surface area contributed by atoms with Crippen molar-refractivity contribution in [3.8, 4) is 0 Å². The maximum atomic E-state index is 2.20. The largest absolute Gasteiger partial charge is 0.358 e. The van der Waals surface area contributed by atoms with Crippen LogP contribution in [0.25, 0.3) is 0 Å². The Morgan fingerprint density at radius 2 is 1.64 bits per heavy atom. The summed E-state index contributed by atoms with van der Waals surface area (Å²) in [4.78, 5) is 0. The van der Waals surface area contributed by atoms with Crippen LogP contribution in [0.2, 0.25) is 0 Å². The minimum Gasteiger partial charge on any atom is -0.358 e. The Morgan fingerprint density at radius 1 is 1.09 bits per heavy atom. The van der Waals surface area contributed by atoms with E-state index in [1.807, 2.05) is 0 Å². The molecule has 1 nitrogen and oxygen atoms in total. The maximum Gasteiger partial charge on any atom is 0.178 e. The van der Waals surface area contributed by atoms with Crippen LogP contribution in [0.3, 0.4) is 0 Å². The molecule has 0 radical (unpaired) electrons. The van der Waals surface area contributed by atoms with Gasteiger partial charge in [-0.1, -0.05) is 0 Å². The van der Waals surface area contributed by atoms with Crippen molar-refractivity contribution in [3.63, 3.8) is 0 Å². The molecular formula is C10H17N. The van der Waals surface area contributed by atoms with Crippen LogP contribution < -0.4 is 4.57 Å². The van der Waals surface area contributed by atoms with Gasteiger partial charge in [0, 0.05) is 18.6 Å². The molecule has 0 aromatic carbocycles. The second kappa shape index (κ2) is 3.51. The van der Waals surface area contributed by atoms with Crippen LogP contribution in [0.4, 0.5) is 0 Å². The first kappa shape index (κ1) is 10.2. The molecule has 0 bridgehead atoms. The number of rotatable bonds is 0. The van der Waals surface area contributed by atoms with Crippen molar-refractivity contribution >= 4 is 0 Å². The van der Waals surface area contributed by atoms with Crippen molar-refractivity contribution in [2.75, 3.05) is 0 Å². The van der Waals surface area contributed by atoms with Gasteiger partial charge >= 0.3 is 0 Å². The summed E-state index contributed by atoms with van der Waals surface area (Å²) in [6.45, 7) is 6.39. The Bertz CT molecular complexity index is 201. The molecule has 1 aromatic heterocycles. The highest BCUT2D eigenvalue weighted by atomic mass is 14.9. The summed E-state index contributed by atoms with van der Waals surface area (Å²) in [5.74, 6) is 0. The average Bonchev–Trinajstić information content (AvgIpc) is 1.84. The molecule has 0 aliphatic heterocycles. The predicted molar refractivity (Wildman–Crippen MR) is 48.2 cm³/mol. The normalized spacial score (nSPS) is 9.09. The second-order valence-corrected chi connectivity index (χ2v) is 2.89. The van der Waals surface area contributed by atoms with Gasteiger partial charge in [-0.25, -0.2) is 4.57 Å². The molecular weight excluding hydrogens is 134 g/mol. The van der Waals surface area contributed by atoms with E-state index in [1.54, 1.807) is 0 Å². The molecule has 0 atom stereocenters. The fraction of sp³-hybridized carbons (Fsp3) is 0.400. The molecule has 0 N–H and O–H groups in total. The first-order valence-corrected chi connectivity index (χ1v) is 3.55. The third-order valence-electron chi connectivity index (χ3n) is 1.99. The van der Waals surface area contributed by atoms with E-state index < -0.39 is 0 Å². The summed E-state index contributed by atoms with van der Waals surface area (Å²) in [5.41, 5.74) is 4.03. The highest BCUT2D eigenvalue weighted by Gasteiger charge is 2.02. The zero-order chi connectivity index (χ0) is 7.72. The summed E-state index contributed by atoms with van der Waals surface area (Å²) < 4.78 is 2.14. The highest BCUT2D eigenvalue weighted by Crippen LogP contribution is 2.02. The summed E-state index contributed by atoms with van der Waals surface area (Å²) in [7, 11) is 2.07. The van der Waals surface area contributed by atoms with E-state index in [0.29, 0.717) is 0 Å². The Hall–Kier alpha value is -0.850. The van der Waals surface area contributed by atoms with Gasteiger partial charge in [0.15, 0.2) is 11.9 Å². The molecule has 0 saturated carbocycles. The molecule has 0 spiro atoms. The van der Waals surface area contributed by atoms with E-state index in [-0.39, 0.29) is 7.43 Å². The van der Waals surface area contributed by atoms with Crippen molar-refractivity contribution in [2.45, 2.75) is 20.8 Å². The summed E-state index contributed by atoms with van der Waals surface area (Å²) in [6, 6.07) is 2.20. The van der Waals surface area contributed by atoms with Crippen LogP contribution in [0, 0.1) is 28.2 Å². The number of aromatic nitrogens is 1. The lowest BCUT2D eigenvalue weighted by atomic mass is 10.1. The Labute approximate surface area is 69.7 Å². The minimum absolute atomic E-state index is 0. The lowest BCUT2D eigenvalue weighted by Crippen LogP contribution is -2.31. The molecule has 11 heavy (non-hydrogen) atoms. The van der Waals surface area contributed by atoms with Crippen LogP contribution in [-0.4, -0.2) is 0 Å². The SMILES string of the molecule is Cc1cc(C)[n+](C)cc1C.[CH3-]. The van der Waals surface area contributed by atoms with Gasteiger partial charge in [-0.05, 0) is 19.4 Å². The zero-order valence-corrected chi connectivity index (χ0v) is 8.10. The quantitative estimate of drug-likeness (QED) is 0.394. The molecule has 0 aliphatic carbocycles. The van der Waals surface area contributed by atoms with Crippen molar-refractivity contribution in [2.24, 2.45) is 7.05 Å². The zero-order valence-electron chi connectivity index (χ0n) is 8.10. The summed E-state index contributed by atoms with van der Waals surface area (Å²) in [6.07, 6.45) is 2.16. The van der Waals surface area contributed by atoms with Crippen LogP contribution in [-0.2, 0) is 7.05 Å².